The first-order valence-corrected chi connectivity index (χ1v) is 7.26. The molecule has 2 N–H and O–H groups in total. The zero-order chi connectivity index (χ0) is 13.9. The second-order valence-corrected chi connectivity index (χ2v) is 5.48. The largest absolute Gasteiger partial charge is 0.392 e. The summed E-state index contributed by atoms with van der Waals surface area (Å²) in [5, 5.41) is 13.3. The van der Waals surface area contributed by atoms with E-state index in [9.17, 15) is 9.50 Å². The van der Waals surface area contributed by atoms with Gasteiger partial charge in [0, 0.05) is 12.6 Å². The summed E-state index contributed by atoms with van der Waals surface area (Å²) in [4.78, 5) is 4.27. The van der Waals surface area contributed by atoms with Gasteiger partial charge in [-0.15, -0.1) is 0 Å². The highest BCUT2D eigenvalue weighted by Crippen LogP contribution is 2.17. The molecule has 4 nitrogen and oxygen atoms in total. The fourth-order valence-corrected chi connectivity index (χ4v) is 2.92. The summed E-state index contributed by atoms with van der Waals surface area (Å²) in [6.45, 7) is 1.78. The van der Waals surface area contributed by atoms with Gasteiger partial charge in [0.15, 0.2) is 0 Å². The Morgan fingerprint density at radius 3 is 3.20 bits per heavy atom. The minimum atomic E-state index is -0.235. The molecule has 0 unspecified atom stereocenters. The van der Waals surface area contributed by atoms with Crippen molar-refractivity contribution in [3.8, 4) is 0 Å². The number of hydrogen-bond donors (Lipinski definition) is 2. The first kappa shape index (κ1) is 13.5. The molecule has 5 heteroatoms. The van der Waals surface area contributed by atoms with Crippen molar-refractivity contribution in [2.24, 2.45) is 0 Å². The quantitative estimate of drug-likeness (QED) is 0.899. The van der Waals surface area contributed by atoms with E-state index in [0.29, 0.717) is 0 Å². The predicted octanol–water partition coefficient (Wildman–Crippen LogP) is 2.07. The van der Waals surface area contributed by atoms with E-state index in [4.69, 9.17) is 0 Å². The lowest BCUT2D eigenvalue weighted by Gasteiger charge is -2.29. The minimum Gasteiger partial charge on any atom is -0.392 e. The van der Waals surface area contributed by atoms with Gasteiger partial charge in [-0.2, -0.15) is 0 Å². The molecule has 0 radical (unpaired) electrons. The lowest BCUT2D eigenvalue weighted by atomic mass is 9.97. The van der Waals surface area contributed by atoms with Crippen molar-refractivity contribution < 1.29 is 9.50 Å². The highest BCUT2D eigenvalue weighted by atomic mass is 19.1. The molecule has 0 aliphatic carbocycles. The zero-order valence-electron chi connectivity index (χ0n) is 11.4. The van der Waals surface area contributed by atoms with Crippen LogP contribution in [0.25, 0.3) is 11.0 Å². The molecule has 108 valence electrons. The maximum Gasteiger partial charge on any atom is 0.125 e. The molecular weight excluding hydrogens is 257 g/mol. The Morgan fingerprint density at radius 2 is 2.35 bits per heavy atom. The molecule has 2 atom stereocenters. The van der Waals surface area contributed by atoms with Crippen molar-refractivity contribution >= 4 is 11.0 Å². The van der Waals surface area contributed by atoms with Crippen LogP contribution in [-0.4, -0.2) is 33.3 Å². The van der Waals surface area contributed by atoms with Crippen LogP contribution >= 0.6 is 0 Å². The van der Waals surface area contributed by atoms with E-state index >= 15 is 0 Å². The summed E-state index contributed by atoms with van der Waals surface area (Å²) in [5.41, 5.74) is 1.66. The van der Waals surface area contributed by atoms with Gasteiger partial charge < -0.3 is 15.0 Å². The number of aliphatic hydroxyl groups excluding tert-OH is 1. The normalized spacial score (nSPS) is 23.3. The predicted molar refractivity (Wildman–Crippen MR) is 76.0 cm³/mol. The van der Waals surface area contributed by atoms with E-state index in [1.54, 1.807) is 12.4 Å². The third-order valence-corrected chi connectivity index (χ3v) is 4.04. The first-order valence-electron chi connectivity index (χ1n) is 7.26. The Morgan fingerprint density at radius 1 is 1.45 bits per heavy atom. The lowest BCUT2D eigenvalue weighted by Crippen LogP contribution is -2.44. The van der Waals surface area contributed by atoms with Gasteiger partial charge in [-0.25, -0.2) is 9.37 Å². The van der Waals surface area contributed by atoms with Gasteiger partial charge in [0.2, 0.25) is 0 Å². The highest BCUT2D eigenvalue weighted by Gasteiger charge is 2.21. The Labute approximate surface area is 117 Å². The fourth-order valence-electron chi connectivity index (χ4n) is 2.92. The van der Waals surface area contributed by atoms with E-state index in [1.165, 1.54) is 12.1 Å². The second-order valence-electron chi connectivity index (χ2n) is 5.48. The molecule has 2 aromatic rings. The number of nitrogens with zero attached hydrogens (tertiary/aromatic N) is 2. The van der Waals surface area contributed by atoms with E-state index in [1.807, 2.05) is 4.57 Å². The van der Waals surface area contributed by atoms with Gasteiger partial charge in [0.25, 0.3) is 0 Å². The topological polar surface area (TPSA) is 50.1 Å². The molecule has 20 heavy (non-hydrogen) atoms. The molecule has 0 bridgehead atoms. The summed E-state index contributed by atoms with van der Waals surface area (Å²) < 4.78 is 15.3. The van der Waals surface area contributed by atoms with Gasteiger partial charge in [0.1, 0.15) is 5.82 Å². The van der Waals surface area contributed by atoms with Crippen molar-refractivity contribution in [2.75, 3.05) is 6.54 Å². The average molecular weight is 277 g/mol. The van der Waals surface area contributed by atoms with Crippen LogP contribution in [0, 0.1) is 5.82 Å². The number of piperidine rings is 1. The molecule has 0 amide bonds. The van der Waals surface area contributed by atoms with Crippen LogP contribution in [-0.2, 0) is 6.54 Å². The molecule has 1 aromatic carbocycles. The molecular formula is C15H20FN3O. The fraction of sp³-hybridized carbons (Fsp3) is 0.533. The number of aromatic nitrogens is 2. The van der Waals surface area contributed by atoms with Gasteiger partial charge in [-0.3, -0.25) is 0 Å². The molecule has 1 saturated heterocycles. The number of imidazole rings is 1. The number of rotatable bonds is 4. The van der Waals surface area contributed by atoms with Crippen molar-refractivity contribution in [3.63, 3.8) is 0 Å². The summed E-state index contributed by atoms with van der Waals surface area (Å²) in [6.07, 6.45) is 5.32. The third kappa shape index (κ3) is 2.83. The molecule has 1 aliphatic rings. The van der Waals surface area contributed by atoms with Crippen molar-refractivity contribution in [1.29, 1.82) is 0 Å². The molecule has 2 heterocycles. The Bertz CT molecular complexity index is 584. The lowest BCUT2D eigenvalue weighted by molar-refractivity contribution is 0.0909. The number of fused-ring (bicyclic) bond motifs is 1. The van der Waals surface area contributed by atoms with Gasteiger partial charge in [-0.05, 0) is 50.4 Å². The number of hydrogen-bond acceptors (Lipinski definition) is 3. The number of aryl methyl sites for hydroxylation is 1. The van der Waals surface area contributed by atoms with Crippen LogP contribution in [0.2, 0.25) is 0 Å². The average Bonchev–Trinajstić information content (AvgIpc) is 2.83. The first-order chi connectivity index (χ1) is 9.74. The Hall–Kier alpha value is -1.46. The van der Waals surface area contributed by atoms with Crippen LogP contribution < -0.4 is 5.32 Å². The van der Waals surface area contributed by atoms with Crippen LogP contribution in [0.3, 0.4) is 0 Å². The zero-order valence-corrected chi connectivity index (χ0v) is 11.4. The third-order valence-electron chi connectivity index (χ3n) is 4.04. The summed E-state index contributed by atoms with van der Waals surface area (Å²) >= 11 is 0. The minimum absolute atomic E-state index is 0.190. The highest BCUT2D eigenvalue weighted by molar-refractivity contribution is 5.75. The monoisotopic (exact) mass is 277 g/mol. The Kier molecular flexibility index (Phi) is 3.98. The smallest absolute Gasteiger partial charge is 0.125 e. The summed E-state index contributed by atoms with van der Waals surface area (Å²) in [7, 11) is 0. The van der Waals surface area contributed by atoms with Crippen LogP contribution in [0.1, 0.15) is 25.7 Å². The van der Waals surface area contributed by atoms with E-state index in [-0.39, 0.29) is 18.0 Å². The van der Waals surface area contributed by atoms with E-state index < -0.39 is 0 Å². The maximum absolute atomic E-state index is 13.3. The molecule has 0 saturated carbocycles. The molecule has 1 fully saturated rings. The number of nitrogens with one attached hydrogen (secondary N) is 1. The van der Waals surface area contributed by atoms with Crippen molar-refractivity contribution in [2.45, 2.75) is 44.4 Å². The van der Waals surface area contributed by atoms with E-state index in [0.717, 1.165) is 49.8 Å². The number of halogens is 1. The summed E-state index contributed by atoms with van der Waals surface area (Å²) in [5.74, 6) is -0.233. The second kappa shape index (κ2) is 5.89. The number of benzene rings is 1. The molecule has 1 aliphatic heterocycles. The standard InChI is InChI=1S/C15H20FN3O/c16-11-5-6-12-14(9-11)19(10-18-12)8-2-3-13-15(20)4-1-7-17-13/h5-6,9-10,13,15,17,20H,1-4,7-8H2/t13-,15+/m1/s1. The number of aliphatic hydroxyl groups is 1. The van der Waals surface area contributed by atoms with Crippen molar-refractivity contribution in [1.82, 2.24) is 14.9 Å². The summed E-state index contributed by atoms with van der Waals surface area (Å²) in [6, 6.07) is 4.85. The van der Waals surface area contributed by atoms with Crippen LogP contribution in [0.4, 0.5) is 4.39 Å². The van der Waals surface area contributed by atoms with Gasteiger partial charge in [0.05, 0.1) is 23.5 Å². The molecule has 3 rings (SSSR count). The van der Waals surface area contributed by atoms with E-state index in [2.05, 4.69) is 10.3 Å². The van der Waals surface area contributed by atoms with Crippen LogP contribution in [0.5, 0.6) is 0 Å². The molecule has 0 spiro atoms. The van der Waals surface area contributed by atoms with Gasteiger partial charge in [-0.1, -0.05) is 0 Å². The molecule has 1 aromatic heterocycles. The SMILES string of the molecule is O[C@H]1CCCN[C@@H]1CCCn1cnc2ccc(F)cc21. The Balaban J connectivity index is 1.61. The maximum atomic E-state index is 13.3. The van der Waals surface area contributed by atoms with Crippen LogP contribution in [0.15, 0.2) is 24.5 Å². The van der Waals surface area contributed by atoms with Crippen molar-refractivity contribution in [3.05, 3.63) is 30.3 Å². The van der Waals surface area contributed by atoms with Gasteiger partial charge >= 0.3 is 0 Å².